The Morgan fingerprint density at radius 3 is 2.56 bits per heavy atom. The fourth-order valence-electron chi connectivity index (χ4n) is 4.18. The summed E-state index contributed by atoms with van der Waals surface area (Å²) < 4.78 is 13.5. The van der Waals surface area contributed by atoms with E-state index in [-0.39, 0.29) is 24.1 Å². The zero-order chi connectivity index (χ0) is 28.9. The first-order valence-corrected chi connectivity index (χ1v) is 14.5. The van der Waals surface area contributed by atoms with Crippen LogP contribution < -0.4 is 20.1 Å². The third kappa shape index (κ3) is 6.18. The first kappa shape index (κ1) is 28.1. The molecule has 210 valence electrons. The zero-order valence-electron chi connectivity index (χ0n) is 22.9. The number of carbonyl (C=O) groups excluding carboxylic acids is 2. The first-order chi connectivity index (χ1) is 19.9. The van der Waals surface area contributed by atoms with Crippen LogP contribution in [-0.4, -0.2) is 51.5 Å². The molecule has 5 rings (SSSR count). The molecule has 0 saturated heterocycles. The number of hydrogen-bond acceptors (Lipinski definition) is 9. The summed E-state index contributed by atoms with van der Waals surface area (Å²) in [4.78, 5) is 30.3. The molecule has 41 heavy (non-hydrogen) atoms. The molecule has 0 fully saturated rings. The van der Waals surface area contributed by atoms with E-state index in [0.29, 0.717) is 33.2 Å². The molecule has 12 heteroatoms. The third-order valence-electron chi connectivity index (χ3n) is 6.44. The number of fused-ring (bicyclic) bond motifs is 1. The van der Waals surface area contributed by atoms with E-state index < -0.39 is 0 Å². The van der Waals surface area contributed by atoms with Crippen molar-refractivity contribution in [3.63, 3.8) is 0 Å². The molecule has 0 aliphatic heterocycles. The van der Waals surface area contributed by atoms with Gasteiger partial charge in [0.1, 0.15) is 0 Å². The lowest BCUT2D eigenvalue weighted by Gasteiger charge is -2.15. The number of amides is 2. The lowest BCUT2D eigenvalue weighted by molar-refractivity contribution is -0.113. The second kappa shape index (κ2) is 12.4. The van der Waals surface area contributed by atoms with Gasteiger partial charge >= 0.3 is 0 Å². The molecular formula is C29H28N6O4S2. The quantitative estimate of drug-likeness (QED) is 0.214. The lowest BCUT2D eigenvalue weighted by Crippen LogP contribution is -2.25. The van der Waals surface area contributed by atoms with E-state index in [4.69, 9.17) is 9.47 Å². The van der Waals surface area contributed by atoms with Crippen molar-refractivity contribution in [1.82, 2.24) is 25.1 Å². The SMILES string of the molecule is COc1ccc(C(=O)NCc2nnc(SCC(=O)Nc3nc4ccccc4s3)n2-c2cccc(C)c2C)cc1OC. The molecule has 2 aromatic heterocycles. The van der Waals surface area contributed by atoms with Gasteiger partial charge in [0.15, 0.2) is 27.6 Å². The Hall–Kier alpha value is -4.42. The van der Waals surface area contributed by atoms with Gasteiger partial charge in [-0.3, -0.25) is 14.2 Å². The minimum absolute atomic E-state index is 0.108. The molecule has 0 unspecified atom stereocenters. The lowest BCUT2D eigenvalue weighted by atomic mass is 10.1. The van der Waals surface area contributed by atoms with Crippen LogP contribution in [0, 0.1) is 13.8 Å². The van der Waals surface area contributed by atoms with E-state index in [1.807, 2.05) is 60.9 Å². The van der Waals surface area contributed by atoms with Gasteiger partial charge in [-0.1, -0.05) is 47.4 Å². The monoisotopic (exact) mass is 588 g/mol. The number of methoxy groups -OCH3 is 2. The predicted octanol–water partition coefficient (Wildman–Crippen LogP) is 5.17. The van der Waals surface area contributed by atoms with Gasteiger partial charge in [0.25, 0.3) is 5.91 Å². The minimum atomic E-state index is -0.300. The van der Waals surface area contributed by atoms with Gasteiger partial charge in [0.2, 0.25) is 5.91 Å². The number of thiazole rings is 1. The molecule has 0 aliphatic carbocycles. The van der Waals surface area contributed by atoms with E-state index in [9.17, 15) is 9.59 Å². The number of benzene rings is 3. The highest BCUT2D eigenvalue weighted by atomic mass is 32.2. The standard InChI is InChI=1S/C29H28N6O4S2/c1-17-8-7-10-21(18(17)2)35-25(15-30-27(37)19-12-13-22(38-3)23(14-19)39-4)33-34-29(35)40-16-26(36)32-28-31-20-9-5-6-11-24(20)41-28/h5-14H,15-16H2,1-4H3,(H,30,37)(H,31,32,36). The van der Waals surface area contributed by atoms with E-state index >= 15 is 0 Å². The Labute approximate surface area is 245 Å². The van der Waals surface area contributed by atoms with Crippen molar-refractivity contribution >= 4 is 50.3 Å². The molecule has 0 atom stereocenters. The number of hydrogen-bond donors (Lipinski definition) is 2. The molecule has 0 saturated carbocycles. The molecule has 0 bridgehead atoms. The predicted molar refractivity (Wildman–Crippen MR) is 161 cm³/mol. The highest BCUT2D eigenvalue weighted by Gasteiger charge is 2.20. The fourth-order valence-corrected chi connectivity index (χ4v) is 5.82. The minimum Gasteiger partial charge on any atom is -0.493 e. The molecular weight excluding hydrogens is 560 g/mol. The van der Waals surface area contributed by atoms with Crippen molar-refractivity contribution in [1.29, 1.82) is 0 Å². The Balaban J connectivity index is 1.34. The fraction of sp³-hybridized carbons (Fsp3) is 0.207. The van der Waals surface area contributed by atoms with Crippen LogP contribution in [0.4, 0.5) is 5.13 Å². The van der Waals surface area contributed by atoms with Crippen LogP contribution in [0.15, 0.2) is 65.8 Å². The molecule has 5 aromatic rings. The summed E-state index contributed by atoms with van der Waals surface area (Å²) in [6, 6.07) is 18.7. The van der Waals surface area contributed by atoms with Crippen LogP contribution in [0.25, 0.3) is 15.9 Å². The largest absolute Gasteiger partial charge is 0.493 e. The van der Waals surface area contributed by atoms with Crippen LogP contribution in [-0.2, 0) is 11.3 Å². The number of carbonyl (C=O) groups is 2. The molecule has 0 aliphatic rings. The number of nitrogens with one attached hydrogen (secondary N) is 2. The third-order valence-corrected chi connectivity index (χ3v) is 8.32. The molecule has 2 N–H and O–H groups in total. The number of rotatable bonds is 10. The van der Waals surface area contributed by atoms with Crippen LogP contribution >= 0.6 is 23.1 Å². The zero-order valence-corrected chi connectivity index (χ0v) is 24.6. The summed E-state index contributed by atoms with van der Waals surface area (Å²) >= 11 is 2.69. The number of para-hydroxylation sites is 1. The van der Waals surface area contributed by atoms with Crippen LogP contribution in [0.3, 0.4) is 0 Å². The van der Waals surface area contributed by atoms with Crippen molar-refractivity contribution in [3.8, 4) is 17.2 Å². The maximum atomic E-state index is 13.0. The van der Waals surface area contributed by atoms with Gasteiger partial charge in [0.05, 0.1) is 42.4 Å². The van der Waals surface area contributed by atoms with Crippen molar-refractivity contribution in [2.24, 2.45) is 0 Å². The summed E-state index contributed by atoms with van der Waals surface area (Å²) in [7, 11) is 3.06. The molecule has 2 amide bonds. The highest BCUT2D eigenvalue weighted by Crippen LogP contribution is 2.29. The summed E-state index contributed by atoms with van der Waals surface area (Å²) in [6.45, 7) is 4.16. The second-order valence-corrected chi connectivity index (χ2v) is 11.0. The smallest absolute Gasteiger partial charge is 0.251 e. The van der Waals surface area contributed by atoms with Crippen molar-refractivity contribution in [2.75, 3.05) is 25.3 Å². The topological polar surface area (TPSA) is 120 Å². The molecule has 0 spiro atoms. The highest BCUT2D eigenvalue weighted by molar-refractivity contribution is 7.99. The van der Waals surface area contributed by atoms with Crippen LogP contribution in [0.1, 0.15) is 27.3 Å². The Kier molecular flexibility index (Phi) is 8.50. The Bertz CT molecular complexity index is 1700. The first-order valence-electron chi connectivity index (χ1n) is 12.7. The number of aromatic nitrogens is 4. The van der Waals surface area contributed by atoms with Gasteiger partial charge in [-0.2, -0.15) is 0 Å². The summed E-state index contributed by atoms with van der Waals surface area (Å²) in [6.07, 6.45) is 0. The van der Waals surface area contributed by atoms with Gasteiger partial charge < -0.3 is 20.1 Å². The van der Waals surface area contributed by atoms with Crippen molar-refractivity contribution in [2.45, 2.75) is 25.5 Å². The molecule has 0 radical (unpaired) electrons. The second-order valence-electron chi connectivity index (χ2n) is 9.03. The summed E-state index contributed by atoms with van der Waals surface area (Å²) in [5, 5.41) is 15.6. The number of ether oxygens (including phenoxy) is 2. The number of nitrogens with zero attached hydrogens (tertiary/aromatic N) is 4. The maximum absolute atomic E-state index is 13.0. The van der Waals surface area contributed by atoms with E-state index in [1.54, 1.807) is 18.2 Å². The average Bonchev–Trinajstić information content (AvgIpc) is 3.59. The molecule has 2 heterocycles. The van der Waals surface area contributed by atoms with E-state index in [1.165, 1.54) is 37.3 Å². The van der Waals surface area contributed by atoms with Gasteiger partial charge in [-0.15, -0.1) is 10.2 Å². The molecule has 10 nitrogen and oxygen atoms in total. The number of anilines is 1. The summed E-state index contributed by atoms with van der Waals surface area (Å²) in [5.74, 6) is 1.13. The summed E-state index contributed by atoms with van der Waals surface area (Å²) in [5.41, 5.74) is 4.28. The number of aryl methyl sites for hydroxylation is 1. The van der Waals surface area contributed by atoms with Crippen LogP contribution in [0.5, 0.6) is 11.5 Å². The van der Waals surface area contributed by atoms with Crippen molar-refractivity contribution < 1.29 is 19.1 Å². The van der Waals surface area contributed by atoms with Gasteiger partial charge in [0, 0.05) is 5.56 Å². The Morgan fingerprint density at radius 1 is 0.976 bits per heavy atom. The van der Waals surface area contributed by atoms with E-state index in [2.05, 4.69) is 25.8 Å². The van der Waals surface area contributed by atoms with Crippen LogP contribution in [0.2, 0.25) is 0 Å². The Morgan fingerprint density at radius 2 is 1.78 bits per heavy atom. The number of thioether (sulfide) groups is 1. The van der Waals surface area contributed by atoms with Gasteiger partial charge in [-0.25, -0.2) is 4.98 Å². The van der Waals surface area contributed by atoms with Crippen molar-refractivity contribution in [3.05, 3.63) is 83.2 Å². The maximum Gasteiger partial charge on any atom is 0.251 e. The average molecular weight is 589 g/mol. The normalized spacial score (nSPS) is 10.9. The molecule has 3 aromatic carbocycles. The van der Waals surface area contributed by atoms with E-state index in [0.717, 1.165) is 27.0 Å². The van der Waals surface area contributed by atoms with Gasteiger partial charge in [-0.05, 0) is 61.4 Å².